The molecule has 1 aliphatic heterocycles. The second-order valence-corrected chi connectivity index (χ2v) is 8.16. The lowest BCUT2D eigenvalue weighted by atomic mass is 10.0. The number of fused-ring (bicyclic) bond motifs is 3. The van der Waals surface area contributed by atoms with Gasteiger partial charge in [0.1, 0.15) is 16.7 Å². The zero-order valence-electron chi connectivity index (χ0n) is 17.8. The molecule has 33 heavy (non-hydrogen) atoms. The topological polar surface area (TPSA) is 82.2 Å². The van der Waals surface area contributed by atoms with Crippen molar-refractivity contribution in [3.8, 4) is 0 Å². The Bertz CT molecular complexity index is 1320. The van der Waals surface area contributed by atoms with Crippen molar-refractivity contribution in [2.75, 3.05) is 13.2 Å². The number of nitrogens with one attached hydrogen (secondary N) is 1. The van der Waals surface area contributed by atoms with Crippen LogP contribution in [0.4, 0.5) is 13.2 Å². The fourth-order valence-electron chi connectivity index (χ4n) is 4.23. The van der Waals surface area contributed by atoms with Gasteiger partial charge < -0.3 is 14.5 Å². The summed E-state index contributed by atoms with van der Waals surface area (Å²) in [5.41, 5.74) is 0.620. The number of hydrogen-bond donors (Lipinski definition) is 1. The number of ether oxygens (including phenoxy) is 1. The van der Waals surface area contributed by atoms with Crippen LogP contribution in [0.1, 0.15) is 40.1 Å². The molecule has 7 nitrogen and oxygen atoms in total. The van der Waals surface area contributed by atoms with Gasteiger partial charge in [0.05, 0.1) is 18.0 Å². The van der Waals surface area contributed by atoms with Crippen LogP contribution in [-0.2, 0) is 17.5 Å². The molecule has 0 unspecified atom stereocenters. The second kappa shape index (κ2) is 8.18. The van der Waals surface area contributed by atoms with Crippen molar-refractivity contribution < 1.29 is 27.1 Å². The number of furan rings is 1. The number of aryl methyl sites for hydroxylation is 1. The van der Waals surface area contributed by atoms with E-state index in [-0.39, 0.29) is 29.1 Å². The maximum absolute atomic E-state index is 14.2. The molecular formula is C23H21F3N4O3. The first kappa shape index (κ1) is 21.4. The van der Waals surface area contributed by atoms with Gasteiger partial charge in [0, 0.05) is 37.1 Å². The summed E-state index contributed by atoms with van der Waals surface area (Å²) in [5, 5.41) is 7.32. The van der Waals surface area contributed by atoms with Gasteiger partial charge in [0.2, 0.25) is 5.76 Å². The predicted octanol–water partition coefficient (Wildman–Crippen LogP) is 4.46. The van der Waals surface area contributed by atoms with Gasteiger partial charge in [-0.3, -0.25) is 14.5 Å². The fraction of sp³-hybridized carbons (Fsp3) is 0.348. The largest absolute Gasteiger partial charge is 0.450 e. The highest BCUT2D eigenvalue weighted by Gasteiger charge is 2.42. The van der Waals surface area contributed by atoms with Gasteiger partial charge >= 0.3 is 6.18 Å². The van der Waals surface area contributed by atoms with Crippen molar-refractivity contribution in [3.05, 3.63) is 59.2 Å². The van der Waals surface area contributed by atoms with Crippen LogP contribution in [0.3, 0.4) is 0 Å². The Morgan fingerprint density at radius 1 is 1.30 bits per heavy atom. The first-order valence-corrected chi connectivity index (χ1v) is 10.6. The van der Waals surface area contributed by atoms with E-state index in [1.165, 1.54) is 6.07 Å². The van der Waals surface area contributed by atoms with E-state index in [0.717, 1.165) is 18.4 Å². The summed E-state index contributed by atoms with van der Waals surface area (Å²) in [6.45, 7) is 2.85. The zero-order chi connectivity index (χ0) is 23.2. The molecule has 0 bridgehead atoms. The number of nitrogens with zero attached hydrogens (tertiary/aromatic N) is 3. The standard InChI is InChI=1S/C23H21F3N4O3/c1-13-9-17-18(20-16(13)12-30(29-20)11-14-4-6-27-7-5-14)19(23(24,25)26)21(33-17)22(31)28-10-15-3-2-8-32-15/h4-7,9,12,15H,2-3,8,10-11H2,1H3,(H,28,31)/t15-/m0/s1. The lowest BCUT2D eigenvalue weighted by Gasteiger charge is -2.11. The molecule has 4 heterocycles. The second-order valence-electron chi connectivity index (χ2n) is 8.16. The summed E-state index contributed by atoms with van der Waals surface area (Å²) in [6, 6.07) is 5.14. The highest BCUT2D eigenvalue weighted by molar-refractivity contribution is 6.10. The number of carbonyl (C=O) groups excluding carboxylic acids is 1. The Morgan fingerprint density at radius 2 is 2.09 bits per heavy atom. The quantitative estimate of drug-likeness (QED) is 0.478. The number of halogens is 3. The summed E-state index contributed by atoms with van der Waals surface area (Å²) in [7, 11) is 0. The number of rotatable bonds is 5. The third kappa shape index (κ3) is 4.06. The molecule has 0 saturated carbocycles. The van der Waals surface area contributed by atoms with Crippen molar-refractivity contribution in [2.24, 2.45) is 0 Å². The summed E-state index contributed by atoms with van der Waals surface area (Å²) in [6.07, 6.45) is 1.58. The van der Waals surface area contributed by atoms with E-state index >= 15 is 0 Å². The van der Waals surface area contributed by atoms with Crippen LogP contribution in [0, 0.1) is 6.92 Å². The summed E-state index contributed by atoms with van der Waals surface area (Å²) >= 11 is 0. The molecule has 0 radical (unpaired) electrons. The van der Waals surface area contributed by atoms with Crippen LogP contribution in [0.25, 0.3) is 21.9 Å². The molecule has 4 aromatic rings. The molecule has 1 N–H and O–H groups in total. The third-order valence-corrected chi connectivity index (χ3v) is 5.80. The van der Waals surface area contributed by atoms with Gasteiger partial charge in [0.25, 0.3) is 5.91 Å². The Hall–Kier alpha value is -3.40. The molecular weight excluding hydrogens is 437 g/mol. The molecule has 1 fully saturated rings. The Morgan fingerprint density at radius 3 is 2.79 bits per heavy atom. The molecule has 0 aliphatic carbocycles. The number of alkyl halides is 3. The van der Waals surface area contributed by atoms with Gasteiger partial charge in [0.15, 0.2) is 0 Å². The lowest BCUT2D eigenvalue weighted by Crippen LogP contribution is -2.32. The normalized spacial score (nSPS) is 16.7. The van der Waals surface area contributed by atoms with Gasteiger partial charge in [-0.1, -0.05) is 0 Å². The molecule has 1 amide bonds. The number of amides is 1. The first-order valence-electron chi connectivity index (χ1n) is 10.6. The first-order chi connectivity index (χ1) is 15.8. The molecule has 172 valence electrons. The van der Waals surface area contributed by atoms with Crippen molar-refractivity contribution in [1.29, 1.82) is 0 Å². The third-order valence-electron chi connectivity index (χ3n) is 5.80. The smallest absolute Gasteiger partial charge is 0.421 e. The van der Waals surface area contributed by atoms with Crippen molar-refractivity contribution in [3.63, 3.8) is 0 Å². The average Bonchev–Trinajstić information content (AvgIpc) is 3.50. The number of aromatic nitrogens is 3. The highest BCUT2D eigenvalue weighted by atomic mass is 19.4. The van der Waals surface area contributed by atoms with E-state index in [1.54, 1.807) is 30.2 Å². The minimum Gasteiger partial charge on any atom is -0.450 e. The zero-order valence-corrected chi connectivity index (χ0v) is 17.8. The predicted molar refractivity (Wildman–Crippen MR) is 114 cm³/mol. The summed E-state index contributed by atoms with van der Waals surface area (Å²) in [4.78, 5) is 16.7. The number of hydrogen-bond acceptors (Lipinski definition) is 5. The Balaban J connectivity index is 1.60. The molecule has 1 aromatic carbocycles. The van der Waals surface area contributed by atoms with Crippen LogP contribution < -0.4 is 5.32 Å². The minimum absolute atomic E-state index is 0.0243. The molecule has 5 rings (SSSR count). The summed E-state index contributed by atoms with van der Waals surface area (Å²) in [5.74, 6) is -1.68. The van der Waals surface area contributed by atoms with Crippen LogP contribution >= 0.6 is 0 Å². The maximum atomic E-state index is 14.2. The number of carbonyl (C=O) groups is 1. The molecule has 0 spiro atoms. The lowest BCUT2D eigenvalue weighted by molar-refractivity contribution is -0.137. The van der Waals surface area contributed by atoms with E-state index in [0.29, 0.717) is 24.1 Å². The van der Waals surface area contributed by atoms with Crippen LogP contribution in [0.2, 0.25) is 0 Å². The fourth-order valence-corrected chi connectivity index (χ4v) is 4.23. The van der Waals surface area contributed by atoms with Crippen LogP contribution in [0.15, 0.2) is 41.2 Å². The van der Waals surface area contributed by atoms with Gasteiger partial charge in [-0.05, 0) is 49.1 Å². The maximum Gasteiger partial charge on any atom is 0.421 e. The van der Waals surface area contributed by atoms with Crippen molar-refractivity contribution in [1.82, 2.24) is 20.1 Å². The van der Waals surface area contributed by atoms with Crippen molar-refractivity contribution >= 4 is 27.8 Å². The van der Waals surface area contributed by atoms with E-state index in [9.17, 15) is 18.0 Å². The summed E-state index contributed by atoms with van der Waals surface area (Å²) < 4.78 is 55.1. The van der Waals surface area contributed by atoms with Gasteiger partial charge in [-0.15, -0.1) is 0 Å². The number of benzene rings is 1. The van der Waals surface area contributed by atoms with E-state index in [1.807, 2.05) is 12.1 Å². The monoisotopic (exact) mass is 458 g/mol. The van der Waals surface area contributed by atoms with E-state index in [4.69, 9.17) is 9.15 Å². The van der Waals surface area contributed by atoms with Gasteiger partial charge in [-0.25, -0.2) is 0 Å². The van der Waals surface area contributed by atoms with Crippen molar-refractivity contribution in [2.45, 2.75) is 38.6 Å². The van der Waals surface area contributed by atoms with Crippen LogP contribution in [-0.4, -0.2) is 39.9 Å². The van der Waals surface area contributed by atoms with E-state index in [2.05, 4.69) is 15.4 Å². The molecule has 10 heteroatoms. The highest BCUT2D eigenvalue weighted by Crippen LogP contribution is 2.43. The average molecular weight is 458 g/mol. The number of pyridine rings is 1. The van der Waals surface area contributed by atoms with E-state index < -0.39 is 23.4 Å². The molecule has 1 saturated heterocycles. The molecule has 1 atom stereocenters. The molecule has 1 aliphatic rings. The minimum atomic E-state index is -4.81. The van der Waals surface area contributed by atoms with Gasteiger partial charge in [-0.2, -0.15) is 18.3 Å². The SMILES string of the molecule is Cc1cc2oc(C(=O)NC[C@@H]3CCCO3)c(C(F)(F)F)c2c2nn(Cc3ccncc3)cc12. The molecule has 3 aromatic heterocycles. The Kier molecular flexibility index (Phi) is 5.32. The van der Waals surface area contributed by atoms with Crippen LogP contribution in [0.5, 0.6) is 0 Å². The Labute approximate surface area is 186 Å².